The zero-order chi connectivity index (χ0) is 12.8. The standard InChI is InChI=1S/C14H27N3/c1-11(2)16-14(10-15)8-9-17-12(3)6-5-7-13(17)4/h11-14,16H,5-9H2,1-4H3. The van der Waals surface area contributed by atoms with Crippen LogP contribution < -0.4 is 5.32 Å². The SMILES string of the molecule is CC(C)NC(C#N)CCN1C(C)CCCC1C. The van der Waals surface area contributed by atoms with E-state index in [1.165, 1.54) is 19.3 Å². The van der Waals surface area contributed by atoms with Gasteiger partial charge < -0.3 is 0 Å². The normalized spacial score (nSPS) is 28.0. The van der Waals surface area contributed by atoms with Crippen molar-refractivity contribution >= 4 is 0 Å². The van der Waals surface area contributed by atoms with Crippen LogP contribution in [0.1, 0.15) is 53.4 Å². The number of piperidine rings is 1. The van der Waals surface area contributed by atoms with Gasteiger partial charge >= 0.3 is 0 Å². The summed E-state index contributed by atoms with van der Waals surface area (Å²) in [5.74, 6) is 0. The van der Waals surface area contributed by atoms with Crippen molar-refractivity contribution in [1.82, 2.24) is 10.2 Å². The van der Waals surface area contributed by atoms with Crippen molar-refractivity contribution in [3.8, 4) is 6.07 Å². The summed E-state index contributed by atoms with van der Waals surface area (Å²) >= 11 is 0. The van der Waals surface area contributed by atoms with Crippen molar-refractivity contribution in [2.45, 2.75) is 77.5 Å². The van der Waals surface area contributed by atoms with Crippen LogP contribution in [-0.4, -0.2) is 35.6 Å². The van der Waals surface area contributed by atoms with E-state index in [0.717, 1.165) is 13.0 Å². The average Bonchev–Trinajstić information content (AvgIpc) is 2.26. The van der Waals surface area contributed by atoms with Crippen molar-refractivity contribution in [1.29, 1.82) is 5.26 Å². The number of nitrogens with one attached hydrogen (secondary N) is 1. The summed E-state index contributed by atoms with van der Waals surface area (Å²) in [6.45, 7) is 9.85. The van der Waals surface area contributed by atoms with Crippen molar-refractivity contribution in [2.24, 2.45) is 0 Å². The molecule has 1 saturated heterocycles. The maximum atomic E-state index is 9.11. The lowest BCUT2D eigenvalue weighted by atomic mass is 9.97. The molecule has 0 aromatic rings. The number of likely N-dealkylation sites (tertiary alicyclic amines) is 1. The quantitative estimate of drug-likeness (QED) is 0.798. The Labute approximate surface area is 106 Å². The van der Waals surface area contributed by atoms with E-state index in [-0.39, 0.29) is 6.04 Å². The van der Waals surface area contributed by atoms with Gasteiger partial charge in [0.15, 0.2) is 0 Å². The first-order valence-electron chi connectivity index (χ1n) is 6.96. The fourth-order valence-corrected chi connectivity index (χ4v) is 2.78. The summed E-state index contributed by atoms with van der Waals surface area (Å²) in [7, 11) is 0. The van der Waals surface area contributed by atoms with Crippen LogP contribution in [0.25, 0.3) is 0 Å². The van der Waals surface area contributed by atoms with E-state index in [4.69, 9.17) is 5.26 Å². The molecule has 3 unspecified atom stereocenters. The van der Waals surface area contributed by atoms with Gasteiger partial charge in [0, 0.05) is 24.7 Å². The smallest absolute Gasteiger partial charge is 0.0967 e. The van der Waals surface area contributed by atoms with Crippen LogP contribution in [0, 0.1) is 11.3 Å². The van der Waals surface area contributed by atoms with Gasteiger partial charge in [-0.25, -0.2) is 0 Å². The molecule has 98 valence electrons. The summed E-state index contributed by atoms with van der Waals surface area (Å²) in [5.41, 5.74) is 0. The molecule has 0 bridgehead atoms. The Morgan fingerprint density at radius 3 is 2.35 bits per heavy atom. The van der Waals surface area contributed by atoms with Crippen molar-refractivity contribution in [2.75, 3.05) is 6.54 Å². The van der Waals surface area contributed by atoms with Crippen molar-refractivity contribution in [3.63, 3.8) is 0 Å². The number of nitrogens with zero attached hydrogens (tertiary/aromatic N) is 2. The molecule has 1 heterocycles. The second-order valence-electron chi connectivity index (χ2n) is 5.66. The minimum atomic E-state index is -0.00340. The molecule has 0 saturated carbocycles. The van der Waals surface area contributed by atoms with Gasteiger partial charge in [0.2, 0.25) is 0 Å². The Balaban J connectivity index is 2.39. The van der Waals surface area contributed by atoms with Gasteiger partial charge in [-0.05, 0) is 47.0 Å². The van der Waals surface area contributed by atoms with Crippen LogP contribution in [0.4, 0.5) is 0 Å². The highest BCUT2D eigenvalue weighted by atomic mass is 15.2. The first-order chi connectivity index (χ1) is 8.04. The summed E-state index contributed by atoms with van der Waals surface area (Å²) in [5, 5.41) is 12.4. The third-order valence-corrected chi connectivity index (χ3v) is 3.74. The van der Waals surface area contributed by atoms with Crippen molar-refractivity contribution < 1.29 is 0 Å². The van der Waals surface area contributed by atoms with Gasteiger partial charge in [-0.3, -0.25) is 10.2 Å². The molecule has 0 aromatic carbocycles. The van der Waals surface area contributed by atoms with Crippen LogP contribution in [0.15, 0.2) is 0 Å². The molecule has 17 heavy (non-hydrogen) atoms. The fourth-order valence-electron chi connectivity index (χ4n) is 2.78. The van der Waals surface area contributed by atoms with Gasteiger partial charge in [-0.2, -0.15) is 5.26 Å². The zero-order valence-corrected chi connectivity index (χ0v) is 11.7. The van der Waals surface area contributed by atoms with E-state index in [9.17, 15) is 0 Å². The van der Waals surface area contributed by atoms with E-state index >= 15 is 0 Å². The minimum absolute atomic E-state index is 0.00340. The van der Waals surface area contributed by atoms with E-state index < -0.39 is 0 Å². The Bertz CT molecular complexity index is 247. The second-order valence-corrected chi connectivity index (χ2v) is 5.66. The Hall–Kier alpha value is -0.590. The Kier molecular flexibility index (Phi) is 5.94. The highest BCUT2D eigenvalue weighted by Crippen LogP contribution is 2.22. The highest BCUT2D eigenvalue weighted by molar-refractivity contribution is 4.92. The fraction of sp³-hybridized carbons (Fsp3) is 0.929. The molecule has 0 spiro atoms. The number of nitriles is 1. The molecule has 3 heteroatoms. The predicted molar refractivity (Wildman–Crippen MR) is 71.8 cm³/mol. The van der Waals surface area contributed by atoms with Gasteiger partial charge in [-0.1, -0.05) is 6.42 Å². The summed E-state index contributed by atoms with van der Waals surface area (Å²) in [6.07, 6.45) is 4.90. The summed E-state index contributed by atoms with van der Waals surface area (Å²) < 4.78 is 0. The molecule has 1 aliphatic rings. The Morgan fingerprint density at radius 1 is 1.29 bits per heavy atom. The summed E-state index contributed by atoms with van der Waals surface area (Å²) in [4.78, 5) is 2.57. The first kappa shape index (κ1) is 14.5. The second kappa shape index (κ2) is 6.98. The molecule has 1 N–H and O–H groups in total. The molecule has 0 aromatic heterocycles. The van der Waals surface area contributed by atoms with E-state index in [1.807, 2.05) is 0 Å². The lowest BCUT2D eigenvalue weighted by Gasteiger charge is -2.39. The number of hydrogen-bond donors (Lipinski definition) is 1. The van der Waals surface area contributed by atoms with Crippen LogP contribution in [0.2, 0.25) is 0 Å². The van der Waals surface area contributed by atoms with Gasteiger partial charge in [-0.15, -0.1) is 0 Å². The van der Waals surface area contributed by atoms with Crippen LogP contribution in [0.5, 0.6) is 0 Å². The van der Waals surface area contributed by atoms with E-state index in [1.54, 1.807) is 0 Å². The Morgan fingerprint density at radius 2 is 1.88 bits per heavy atom. The number of rotatable bonds is 5. The molecule has 3 nitrogen and oxygen atoms in total. The van der Waals surface area contributed by atoms with Crippen LogP contribution in [0.3, 0.4) is 0 Å². The molecule has 0 aliphatic carbocycles. The monoisotopic (exact) mass is 237 g/mol. The molecule has 1 rings (SSSR count). The predicted octanol–water partition coefficient (Wildman–Crippen LogP) is 2.53. The maximum Gasteiger partial charge on any atom is 0.0967 e. The number of hydrogen-bond acceptors (Lipinski definition) is 3. The molecular formula is C14H27N3. The maximum absolute atomic E-state index is 9.11. The minimum Gasteiger partial charge on any atom is -0.300 e. The van der Waals surface area contributed by atoms with E-state index in [0.29, 0.717) is 18.1 Å². The van der Waals surface area contributed by atoms with E-state index in [2.05, 4.69) is 44.0 Å². The summed E-state index contributed by atoms with van der Waals surface area (Å²) in [6, 6.07) is 4.10. The van der Waals surface area contributed by atoms with Gasteiger partial charge in [0.25, 0.3) is 0 Å². The molecule has 3 atom stereocenters. The molecular weight excluding hydrogens is 210 g/mol. The third kappa shape index (κ3) is 4.65. The largest absolute Gasteiger partial charge is 0.300 e. The average molecular weight is 237 g/mol. The molecule has 0 radical (unpaired) electrons. The van der Waals surface area contributed by atoms with Crippen molar-refractivity contribution in [3.05, 3.63) is 0 Å². The zero-order valence-electron chi connectivity index (χ0n) is 11.7. The van der Waals surface area contributed by atoms with Crippen LogP contribution >= 0.6 is 0 Å². The highest BCUT2D eigenvalue weighted by Gasteiger charge is 2.24. The lowest BCUT2D eigenvalue weighted by Crippen LogP contribution is -2.46. The van der Waals surface area contributed by atoms with Gasteiger partial charge in [0.05, 0.1) is 12.1 Å². The first-order valence-corrected chi connectivity index (χ1v) is 6.96. The molecule has 1 fully saturated rings. The van der Waals surface area contributed by atoms with Crippen LogP contribution in [-0.2, 0) is 0 Å². The third-order valence-electron chi connectivity index (χ3n) is 3.74. The van der Waals surface area contributed by atoms with Gasteiger partial charge in [0.1, 0.15) is 0 Å². The topological polar surface area (TPSA) is 39.1 Å². The molecule has 0 amide bonds. The lowest BCUT2D eigenvalue weighted by molar-refractivity contribution is 0.0998. The molecule has 1 aliphatic heterocycles.